The fourth-order valence-electron chi connectivity index (χ4n) is 1.20. The Kier molecular flexibility index (Phi) is 1.12. The molecule has 1 saturated carbocycles. The molecule has 0 spiro atoms. The summed E-state index contributed by atoms with van der Waals surface area (Å²) in [6.07, 6.45) is 0. The fraction of sp³-hybridized carbons (Fsp3) is 1.00. The second-order valence-corrected chi connectivity index (χ2v) is 3.13. The standard InChI is InChI=1S/C6H11F2N/c1-5(2)4(3-9)6(5,7)8/h4H,3,9H2,1-2H3. The molecule has 2 N–H and O–H groups in total. The summed E-state index contributed by atoms with van der Waals surface area (Å²) in [4.78, 5) is 0. The maximum absolute atomic E-state index is 12.5. The monoisotopic (exact) mass is 135 g/mol. The molecule has 1 atom stereocenters. The molecule has 0 aromatic rings. The zero-order chi connectivity index (χ0) is 7.28. The first-order valence-electron chi connectivity index (χ1n) is 3.02. The van der Waals surface area contributed by atoms with E-state index in [0.29, 0.717) is 0 Å². The number of hydrogen-bond donors (Lipinski definition) is 1. The molecular formula is C6H11F2N. The van der Waals surface area contributed by atoms with Crippen LogP contribution in [0.25, 0.3) is 0 Å². The van der Waals surface area contributed by atoms with Gasteiger partial charge in [0.25, 0.3) is 5.92 Å². The maximum Gasteiger partial charge on any atom is 0.258 e. The lowest BCUT2D eigenvalue weighted by atomic mass is 10.1. The third-order valence-electron chi connectivity index (χ3n) is 2.32. The Hall–Kier alpha value is -0.180. The van der Waals surface area contributed by atoms with Crippen molar-refractivity contribution in [1.29, 1.82) is 0 Å². The van der Waals surface area contributed by atoms with Crippen molar-refractivity contribution in [2.24, 2.45) is 17.1 Å². The molecular weight excluding hydrogens is 124 g/mol. The minimum Gasteiger partial charge on any atom is -0.330 e. The molecule has 0 amide bonds. The average Bonchev–Trinajstić information content (AvgIpc) is 2.00. The van der Waals surface area contributed by atoms with E-state index in [0.717, 1.165) is 0 Å². The van der Waals surface area contributed by atoms with Gasteiger partial charge in [0.05, 0.1) is 0 Å². The lowest BCUT2D eigenvalue weighted by molar-refractivity contribution is 0.0674. The van der Waals surface area contributed by atoms with Crippen LogP contribution in [0.5, 0.6) is 0 Å². The number of alkyl halides is 2. The molecule has 0 radical (unpaired) electrons. The molecule has 1 aliphatic carbocycles. The van der Waals surface area contributed by atoms with E-state index >= 15 is 0 Å². The van der Waals surface area contributed by atoms with Crippen LogP contribution in [-0.4, -0.2) is 12.5 Å². The third kappa shape index (κ3) is 0.611. The first-order chi connectivity index (χ1) is 3.94. The second kappa shape index (κ2) is 1.45. The zero-order valence-corrected chi connectivity index (χ0v) is 5.62. The number of hydrogen-bond acceptors (Lipinski definition) is 1. The van der Waals surface area contributed by atoms with Gasteiger partial charge < -0.3 is 5.73 Å². The van der Waals surface area contributed by atoms with Gasteiger partial charge in [0.2, 0.25) is 0 Å². The minimum absolute atomic E-state index is 0.0972. The van der Waals surface area contributed by atoms with Gasteiger partial charge in [-0.25, -0.2) is 8.78 Å². The number of nitrogens with two attached hydrogens (primary N) is 1. The van der Waals surface area contributed by atoms with Crippen molar-refractivity contribution in [2.45, 2.75) is 19.8 Å². The Morgan fingerprint density at radius 2 is 1.78 bits per heavy atom. The largest absolute Gasteiger partial charge is 0.330 e. The summed E-state index contributed by atoms with van der Waals surface area (Å²) in [5.74, 6) is -3.10. The van der Waals surface area contributed by atoms with Gasteiger partial charge in [0.15, 0.2) is 0 Å². The molecule has 1 fully saturated rings. The molecule has 0 bridgehead atoms. The zero-order valence-electron chi connectivity index (χ0n) is 5.62. The van der Waals surface area contributed by atoms with Crippen molar-refractivity contribution >= 4 is 0 Å². The molecule has 0 aromatic carbocycles. The molecule has 3 heteroatoms. The van der Waals surface area contributed by atoms with E-state index in [2.05, 4.69) is 0 Å². The van der Waals surface area contributed by atoms with Gasteiger partial charge in [-0.3, -0.25) is 0 Å². The highest BCUT2D eigenvalue weighted by Crippen LogP contribution is 2.64. The third-order valence-corrected chi connectivity index (χ3v) is 2.32. The highest BCUT2D eigenvalue weighted by Gasteiger charge is 2.73. The molecule has 54 valence electrons. The van der Waals surface area contributed by atoms with E-state index in [1.807, 2.05) is 0 Å². The van der Waals surface area contributed by atoms with Gasteiger partial charge in [0.1, 0.15) is 0 Å². The predicted octanol–water partition coefficient (Wildman–Crippen LogP) is 1.24. The number of halogens is 2. The van der Waals surface area contributed by atoms with Crippen LogP contribution in [0, 0.1) is 11.3 Å². The molecule has 1 unspecified atom stereocenters. The van der Waals surface area contributed by atoms with Crippen LogP contribution in [0.2, 0.25) is 0 Å². The van der Waals surface area contributed by atoms with Crippen molar-refractivity contribution < 1.29 is 8.78 Å². The molecule has 0 heterocycles. The lowest BCUT2D eigenvalue weighted by Crippen LogP contribution is -2.06. The van der Waals surface area contributed by atoms with Gasteiger partial charge >= 0.3 is 0 Å². The smallest absolute Gasteiger partial charge is 0.258 e. The van der Waals surface area contributed by atoms with Crippen LogP contribution in [-0.2, 0) is 0 Å². The summed E-state index contributed by atoms with van der Waals surface area (Å²) in [6, 6.07) is 0. The van der Waals surface area contributed by atoms with Crippen LogP contribution in [0.15, 0.2) is 0 Å². The van der Waals surface area contributed by atoms with E-state index in [-0.39, 0.29) is 6.54 Å². The van der Waals surface area contributed by atoms with Gasteiger partial charge in [-0.2, -0.15) is 0 Å². The van der Waals surface area contributed by atoms with Crippen LogP contribution in [0.4, 0.5) is 8.78 Å². The Labute approximate surface area is 53.2 Å². The highest BCUT2D eigenvalue weighted by molar-refractivity contribution is 5.13. The summed E-state index contributed by atoms with van der Waals surface area (Å²) in [5.41, 5.74) is 4.26. The molecule has 0 aromatic heterocycles. The normalized spacial score (nSPS) is 36.3. The van der Waals surface area contributed by atoms with Gasteiger partial charge in [-0.15, -0.1) is 0 Å². The molecule has 0 saturated heterocycles. The molecule has 1 nitrogen and oxygen atoms in total. The lowest BCUT2D eigenvalue weighted by Gasteiger charge is -1.96. The van der Waals surface area contributed by atoms with E-state index in [9.17, 15) is 8.78 Å². The van der Waals surface area contributed by atoms with E-state index < -0.39 is 17.3 Å². The minimum atomic E-state index is -2.51. The first kappa shape index (κ1) is 6.93. The average molecular weight is 135 g/mol. The fourth-order valence-corrected chi connectivity index (χ4v) is 1.20. The SMILES string of the molecule is CC1(C)C(CN)C1(F)F. The quantitative estimate of drug-likeness (QED) is 0.575. The van der Waals surface area contributed by atoms with Gasteiger partial charge in [-0.1, -0.05) is 13.8 Å². The van der Waals surface area contributed by atoms with E-state index in [1.54, 1.807) is 13.8 Å². The van der Waals surface area contributed by atoms with E-state index in [4.69, 9.17) is 5.73 Å². The van der Waals surface area contributed by atoms with Crippen LogP contribution < -0.4 is 5.73 Å². The van der Waals surface area contributed by atoms with Crippen molar-refractivity contribution in [3.63, 3.8) is 0 Å². The van der Waals surface area contributed by atoms with Crippen molar-refractivity contribution in [3.8, 4) is 0 Å². The van der Waals surface area contributed by atoms with Crippen molar-refractivity contribution in [1.82, 2.24) is 0 Å². The summed E-state index contributed by atoms with van der Waals surface area (Å²) in [5, 5.41) is 0. The summed E-state index contributed by atoms with van der Waals surface area (Å²) < 4.78 is 25.0. The Morgan fingerprint density at radius 3 is 1.78 bits per heavy atom. The van der Waals surface area contributed by atoms with Crippen molar-refractivity contribution in [3.05, 3.63) is 0 Å². The van der Waals surface area contributed by atoms with E-state index in [1.165, 1.54) is 0 Å². The molecule has 1 aliphatic rings. The van der Waals surface area contributed by atoms with Crippen LogP contribution in [0.3, 0.4) is 0 Å². The molecule has 9 heavy (non-hydrogen) atoms. The summed E-state index contributed by atoms with van der Waals surface area (Å²) in [6.45, 7) is 3.19. The number of rotatable bonds is 1. The second-order valence-electron chi connectivity index (χ2n) is 3.13. The predicted molar refractivity (Wildman–Crippen MR) is 31.3 cm³/mol. The summed E-state index contributed by atoms with van der Waals surface area (Å²) in [7, 11) is 0. The Bertz CT molecular complexity index is 117. The summed E-state index contributed by atoms with van der Waals surface area (Å²) >= 11 is 0. The van der Waals surface area contributed by atoms with Crippen molar-refractivity contribution in [2.75, 3.05) is 6.54 Å². The topological polar surface area (TPSA) is 26.0 Å². The Balaban J connectivity index is 2.66. The Morgan fingerprint density at radius 1 is 1.44 bits per heavy atom. The molecule has 0 aliphatic heterocycles. The molecule has 1 rings (SSSR count). The van der Waals surface area contributed by atoms with Gasteiger partial charge in [-0.05, 0) is 0 Å². The first-order valence-corrected chi connectivity index (χ1v) is 3.02. The highest BCUT2D eigenvalue weighted by atomic mass is 19.3. The van der Waals surface area contributed by atoms with Gasteiger partial charge in [0, 0.05) is 17.9 Å². The van der Waals surface area contributed by atoms with Crippen LogP contribution >= 0.6 is 0 Å². The van der Waals surface area contributed by atoms with Crippen LogP contribution in [0.1, 0.15) is 13.8 Å². The maximum atomic E-state index is 12.5.